The summed E-state index contributed by atoms with van der Waals surface area (Å²) in [4.78, 5) is 10.0. The first-order valence-corrected chi connectivity index (χ1v) is 6.47. The minimum atomic E-state index is -4.09. The van der Waals surface area contributed by atoms with Crippen molar-refractivity contribution in [2.75, 3.05) is 13.1 Å². The maximum absolute atomic E-state index is 13.5. The summed E-state index contributed by atoms with van der Waals surface area (Å²) < 4.78 is 38.3. The standard InChI is InChI=1S/C10H10FNO5S/c11-8-2-1-6(10(14)15)3-9(8)18(16,17)12-4-7(13)5-12/h1-3,7,13H,4-5H2,(H,14,15). The smallest absolute Gasteiger partial charge is 0.335 e. The van der Waals surface area contributed by atoms with Crippen molar-refractivity contribution in [3.8, 4) is 0 Å². The Hall–Kier alpha value is -1.51. The van der Waals surface area contributed by atoms with Crippen LogP contribution in [0.25, 0.3) is 0 Å². The second-order valence-electron chi connectivity index (χ2n) is 3.93. The van der Waals surface area contributed by atoms with Gasteiger partial charge in [-0.2, -0.15) is 4.31 Å². The molecule has 1 aromatic carbocycles. The van der Waals surface area contributed by atoms with E-state index >= 15 is 0 Å². The zero-order valence-electron chi connectivity index (χ0n) is 9.08. The number of hydrogen-bond acceptors (Lipinski definition) is 4. The van der Waals surface area contributed by atoms with Crippen molar-refractivity contribution in [3.05, 3.63) is 29.6 Å². The van der Waals surface area contributed by atoms with Crippen LogP contribution in [0.2, 0.25) is 0 Å². The van der Waals surface area contributed by atoms with Gasteiger partial charge < -0.3 is 10.2 Å². The number of β-amino-alcohol motifs (C(OH)–C–C–N with tert-alkyl or cyclic N) is 1. The summed E-state index contributed by atoms with van der Waals surface area (Å²) in [6.45, 7) is -0.224. The first-order chi connectivity index (χ1) is 8.32. The fourth-order valence-corrected chi connectivity index (χ4v) is 3.19. The molecule has 1 aromatic rings. The van der Waals surface area contributed by atoms with Gasteiger partial charge in [-0.15, -0.1) is 0 Å². The third-order valence-electron chi connectivity index (χ3n) is 2.62. The van der Waals surface area contributed by atoms with E-state index in [9.17, 15) is 17.6 Å². The molecule has 1 aliphatic rings. The molecule has 0 aromatic heterocycles. The summed E-state index contributed by atoms with van der Waals surface area (Å²) in [7, 11) is -4.09. The summed E-state index contributed by atoms with van der Waals surface area (Å²) >= 11 is 0. The van der Waals surface area contributed by atoms with Gasteiger partial charge in [-0.25, -0.2) is 17.6 Å². The van der Waals surface area contributed by atoms with Crippen LogP contribution in [-0.2, 0) is 10.0 Å². The minimum absolute atomic E-state index is 0.112. The van der Waals surface area contributed by atoms with Crippen LogP contribution in [0, 0.1) is 5.82 Å². The molecule has 0 spiro atoms. The highest BCUT2D eigenvalue weighted by molar-refractivity contribution is 7.89. The zero-order chi connectivity index (χ0) is 13.5. The Kier molecular flexibility index (Phi) is 3.09. The number of carbonyl (C=O) groups is 1. The molecule has 2 N–H and O–H groups in total. The lowest BCUT2D eigenvalue weighted by Gasteiger charge is -2.34. The third kappa shape index (κ3) is 2.09. The first kappa shape index (κ1) is 12.9. The van der Waals surface area contributed by atoms with E-state index in [2.05, 4.69) is 0 Å². The molecule has 6 nitrogen and oxygen atoms in total. The van der Waals surface area contributed by atoms with Crippen LogP contribution in [0.15, 0.2) is 23.1 Å². The van der Waals surface area contributed by atoms with Crippen molar-refractivity contribution in [1.29, 1.82) is 0 Å². The van der Waals surface area contributed by atoms with Gasteiger partial charge in [0.1, 0.15) is 10.7 Å². The van der Waals surface area contributed by atoms with Gasteiger partial charge >= 0.3 is 5.97 Å². The summed E-state index contributed by atoms with van der Waals surface area (Å²) in [5, 5.41) is 17.8. The average Bonchev–Trinajstić information content (AvgIpc) is 2.24. The number of aliphatic hydroxyl groups is 1. The molecule has 0 saturated carbocycles. The van der Waals surface area contributed by atoms with Crippen molar-refractivity contribution in [2.45, 2.75) is 11.0 Å². The summed E-state index contributed by atoms with van der Waals surface area (Å²) in [5.74, 6) is -2.35. The van der Waals surface area contributed by atoms with Gasteiger partial charge in [0, 0.05) is 13.1 Å². The topological polar surface area (TPSA) is 94.9 Å². The van der Waals surface area contributed by atoms with Crippen LogP contribution in [0.4, 0.5) is 4.39 Å². The van der Waals surface area contributed by atoms with Crippen molar-refractivity contribution >= 4 is 16.0 Å². The Labute approximate surface area is 102 Å². The van der Waals surface area contributed by atoms with Gasteiger partial charge in [-0.1, -0.05) is 0 Å². The van der Waals surface area contributed by atoms with Gasteiger partial charge in [0.25, 0.3) is 0 Å². The van der Waals surface area contributed by atoms with E-state index < -0.39 is 32.8 Å². The highest BCUT2D eigenvalue weighted by Gasteiger charge is 2.37. The number of benzene rings is 1. The number of carboxylic acid groups (broad SMARTS) is 1. The maximum atomic E-state index is 13.5. The number of rotatable bonds is 3. The highest BCUT2D eigenvalue weighted by Crippen LogP contribution is 2.24. The van der Waals surface area contributed by atoms with Crippen LogP contribution in [-0.4, -0.2) is 48.1 Å². The molecule has 1 heterocycles. The molecule has 0 amide bonds. The van der Waals surface area contributed by atoms with Crippen molar-refractivity contribution in [3.63, 3.8) is 0 Å². The number of halogens is 1. The quantitative estimate of drug-likeness (QED) is 0.802. The lowest BCUT2D eigenvalue weighted by molar-refractivity contribution is 0.0546. The molecular formula is C10H10FNO5S. The minimum Gasteiger partial charge on any atom is -0.478 e. The zero-order valence-corrected chi connectivity index (χ0v) is 9.89. The van der Waals surface area contributed by atoms with E-state index in [4.69, 9.17) is 10.2 Å². The molecule has 1 fully saturated rings. The van der Waals surface area contributed by atoms with E-state index in [1.54, 1.807) is 0 Å². The molecule has 18 heavy (non-hydrogen) atoms. The number of sulfonamides is 1. The normalized spacial score (nSPS) is 17.4. The largest absolute Gasteiger partial charge is 0.478 e. The summed E-state index contributed by atoms with van der Waals surface area (Å²) in [5.41, 5.74) is -0.309. The van der Waals surface area contributed by atoms with Gasteiger partial charge in [0.15, 0.2) is 0 Å². The van der Waals surface area contributed by atoms with E-state index in [1.807, 2.05) is 0 Å². The van der Waals surface area contributed by atoms with E-state index in [-0.39, 0.29) is 18.7 Å². The first-order valence-electron chi connectivity index (χ1n) is 5.03. The maximum Gasteiger partial charge on any atom is 0.335 e. The Morgan fingerprint density at radius 2 is 2.00 bits per heavy atom. The molecule has 0 atom stereocenters. The van der Waals surface area contributed by atoms with Crippen LogP contribution in [0.1, 0.15) is 10.4 Å². The van der Waals surface area contributed by atoms with Gasteiger partial charge in [0.05, 0.1) is 11.7 Å². The Balaban J connectivity index is 2.44. The Morgan fingerprint density at radius 3 is 2.50 bits per heavy atom. The molecule has 8 heteroatoms. The number of nitrogens with zero attached hydrogens (tertiary/aromatic N) is 1. The second-order valence-corrected chi connectivity index (χ2v) is 5.83. The predicted octanol–water partition coefficient (Wildman–Crippen LogP) is -0.111. The molecule has 0 aliphatic carbocycles. The molecular weight excluding hydrogens is 265 g/mol. The molecule has 0 bridgehead atoms. The second kappa shape index (κ2) is 4.30. The van der Waals surface area contributed by atoms with Crippen LogP contribution < -0.4 is 0 Å². The Morgan fingerprint density at radius 1 is 1.39 bits per heavy atom. The number of aromatic carboxylic acids is 1. The van der Waals surface area contributed by atoms with Gasteiger partial charge in [-0.05, 0) is 18.2 Å². The highest BCUT2D eigenvalue weighted by atomic mass is 32.2. The third-order valence-corrected chi connectivity index (χ3v) is 4.47. The molecule has 0 unspecified atom stereocenters. The Bertz CT molecular complexity index is 594. The van der Waals surface area contributed by atoms with Crippen molar-refractivity contribution in [2.24, 2.45) is 0 Å². The number of hydrogen-bond donors (Lipinski definition) is 2. The van der Waals surface area contributed by atoms with Crippen LogP contribution in [0.3, 0.4) is 0 Å². The molecule has 2 rings (SSSR count). The van der Waals surface area contributed by atoms with Crippen molar-refractivity contribution < 1.29 is 27.8 Å². The average molecular weight is 275 g/mol. The molecule has 98 valence electrons. The predicted molar refractivity (Wildman–Crippen MR) is 58.1 cm³/mol. The lowest BCUT2D eigenvalue weighted by atomic mass is 10.2. The monoisotopic (exact) mass is 275 g/mol. The fourth-order valence-electron chi connectivity index (χ4n) is 1.59. The van der Waals surface area contributed by atoms with Crippen LogP contribution >= 0.6 is 0 Å². The summed E-state index contributed by atoms with van der Waals surface area (Å²) in [6, 6.07) is 2.56. The summed E-state index contributed by atoms with van der Waals surface area (Å²) in [6.07, 6.45) is -0.759. The van der Waals surface area contributed by atoms with E-state index in [1.165, 1.54) is 0 Å². The number of carboxylic acids is 1. The number of aliphatic hydroxyl groups excluding tert-OH is 1. The molecule has 1 saturated heterocycles. The molecule has 1 aliphatic heterocycles. The van der Waals surface area contributed by atoms with Crippen molar-refractivity contribution in [1.82, 2.24) is 4.31 Å². The van der Waals surface area contributed by atoms with Gasteiger partial charge in [0.2, 0.25) is 10.0 Å². The molecule has 0 radical (unpaired) electrons. The SMILES string of the molecule is O=C(O)c1ccc(F)c(S(=O)(=O)N2CC(O)C2)c1. The fraction of sp³-hybridized carbons (Fsp3) is 0.300. The van der Waals surface area contributed by atoms with Gasteiger partial charge in [-0.3, -0.25) is 0 Å². The van der Waals surface area contributed by atoms with E-state index in [0.717, 1.165) is 22.5 Å². The van der Waals surface area contributed by atoms with Crippen LogP contribution in [0.5, 0.6) is 0 Å². The van der Waals surface area contributed by atoms with E-state index in [0.29, 0.717) is 0 Å². The lowest BCUT2D eigenvalue weighted by Crippen LogP contribution is -2.53.